The van der Waals surface area contributed by atoms with Crippen LogP contribution in [0.3, 0.4) is 0 Å². The molecule has 1 saturated heterocycles. The van der Waals surface area contributed by atoms with E-state index < -0.39 is 43.3 Å². The number of aromatic hydroxyl groups is 1. The van der Waals surface area contributed by atoms with Gasteiger partial charge in [-0.25, -0.2) is 4.79 Å². The Kier molecular flexibility index (Phi) is 7.40. The predicted octanol–water partition coefficient (Wildman–Crippen LogP) is 0.00180. The van der Waals surface area contributed by atoms with Gasteiger partial charge >= 0.3 is 5.97 Å². The van der Waals surface area contributed by atoms with E-state index in [2.05, 4.69) is 0 Å². The summed E-state index contributed by atoms with van der Waals surface area (Å²) in [6, 6.07) is 2.42. The van der Waals surface area contributed by atoms with Gasteiger partial charge in [0.25, 0.3) is 0 Å². The Morgan fingerprint density at radius 2 is 1.85 bits per heavy atom. The number of phenols is 1. The Bertz CT molecular complexity index is 646. The molecule has 1 fully saturated rings. The number of aliphatic hydroxyl groups excluding tert-OH is 4. The molecule has 27 heavy (non-hydrogen) atoms. The summed E-state index contributed by atoms with van der Waals surface area (Å²) < 4.78 is 10.7. The zero-order chi connectivity index (χ0) is 20.1. The number of rotatable bonds is 8. The second-order valence-electron chi connectivity index (χ2n) is 6.56. The third-order valence-corrected chi connectivity index (χ3v) is 4.52. The monoisotopic (exact) mass is 386 g/mol. The van der Waals surface area contributed by atoms with Crippen molar-refractivity contribution in [2.45, 2.75) is 63.3 Å². The van der Waals surface area contributed by atoms with Crippen LogP contribution in [0.1, 0.15) is 42.1 Å². The number of carboxylic acid groups (broad SMARTS) is 1. The minimum Gasteiger partial charge on any atom is -0.508 e. The van der Waals surface area contributed by atoms with Crippen LogP contribution in [0.15, 0.2) is 12.1 Å². The molecule has 0 radical (unpaired) electrons. The van der Waals surface area contributed by atoms with Gasteiger partial charge in [-0.3, -0.25) is 0 Å². The highest BCUT2D eigenvalue weighted by molar-refractivity contribution is 5.93. The molecule has 0 aliphatic carbocycles. The van der Waals surface area contributed by atoms with E-state index in [1.54, 1.807) is 0 Å². The zero-order valence-electron chi connectivity index (χ0n) is 15.0. The highest BCUT2D eigenvalue weighted by Crippen LogP contribution is 2.32. The third-order valence-electron chi connectivity index (χ3n) is 4.52. The highest BCUT2D eigenvalue weighted by Gasteiger charge is 2.45. The number of unbranched alkanes of at least 4 members (excludes halogenated alkanes) is 2. The summed E-state index contributed by atoms with van der Waals surface area (Å²) in [5, 5.41) is 58.5. The van der Waals surface area contributed by atoms with Crippen molar-refractivity contribution in [3.63, 3.8) is 0 Å². The summed E-state index contributed by atoms with van der Waals surface area (Å²) in [7, 11) is 0. The Labute approximate surface area is 156 Å². The van der Waals surface area contributed by atoms with Crippen molar-refractivity contribution >= 4 is 5.97 Å². The number of ether oxygens (including phenoxy) is 2. The first-order valence-corrected chi connectivity index (χ1v) is 8.86. The number of carbonyl (C=O) groups is 1. The van der Waals surface area contributed by atoms with Crippen LogP contribution in [0.2, 0.25) is 0 Å². The lowest BCUT2D eigenvalue weighted by atomic mass is 9.98. The van der Waals surface area contributed by atoms with Crippen LogP contribution in [0, 0.1) is 0 Å². The Morgan fingerprint density at radius 1 is 1.15 bits per heavy atom. The summed E-state index contributed by atoms with van der Waals surface area (Å²) in [5.41, 5.74) is 0.191. The van der Waals surface area contributed by atoms with Crippen LogP contribution in [0.25, 0.3) is 0 Å². The average Bonchev–Trinajstić information content (AvgIpc) is 2.61. The van der Waals surface area contributed by atoms with Crippen LogP contribution >= 0.6 is 0 Å². The number of aryl methyl sites for hydroxylation is 1. The van der Waals surface area contributed by atoms with Crippen molar-refractivity contribution in [2.75, 3.05) is 6.61 Å². The summed E-state index contributed by atoms with van der Waals surface area (Å²) in [4.78, 5) is 11.8. The largest absolute Gasteiger partial charge is 0.508 e. The topological polar surface area (TPSA) is 157 Å². The van der Waals surface area contributed by atoms with E-state index in [9.17, 15) is 35.4 Å². The molecule has 1 aromatic carbocycles. The van der Waals surface area contributed by atoms with Crippen molar-refractivity contribution in [3.8, 4) is 11.5 Å². The minimum atomic E-state index is -1.68. The summed E-state index contributed by atoms with van der Waals surface area (Å²) in [5.74, 6) is -1.73. The second kappa shape index (κ2) is 9.34. The molecule has 1 aromatic rings. The van der Waals surface area contributed by atoms with Crippen molar-refractivity contribution in [1.82, 2.24) is 0 Å². The molecular weight excluding hydrogens is 360 g/mol. The van der Waals surface area contributed by atoms with Crippen molar-refractivity contribution in [3.05, 3.63) is 23.3 Å². The van der Waals surface area contributed by atoms with E-state index in [0.29, 0.717) is 12.0 Å². The predicted molar refractivity (Wildman–Crippen MR) is 92.7 cm³/mol. The number of aromatic carboxylic acids is 1. The van der Waals surface area contributed by atoms with Gasteiger partial charge in [-0.05, 0) is 24.5 Å². The Hall–Kier alpha value is -1.91. The first kappa shape index (κ1) is 21.4. The summed E-state index contributed by atoms with van der Waals surface area (Å²) in [6.45, 7) is 1.37. The quantitative estimate of drug-likeness (QED) is 0.338. The first-order chi connectivity index (χ1) is 12.8. The second-order valence-corrected chi connectivity index (χ2v) is 6.56. The van der Waals surface area contributed by atoms with Crippen LogP contribution in [0.5, 0.6) is 11.5 Å². The van der Waals surface area contributed by atoms with Crippen LogP contribution in [0.4, 0.5) is 0 Å². The van der Waals surface area contributed by atoms with E-state index in [1.807, 2.05) is 6.92 Å². The molecule has 6 N–H and O–H groups in total. The molecule has 1 heterocycles. The summed E-state index contributed by atoms with van der Waals surface area (Å²) in [6.07, 6.45) is -4.67. The van der Waals surface area contributed by atoms with Crippen LogP contribution < -0.4 is 4.74 Å². The lowest BCUT2D eigenvalue weighted by Crippen LogP contribution is -2.60. The molecule has 0 bridgehead atoms. The molecule has 0 spiro atoms. The normalized spacial score (nSPS) is 28.1. The zero-order valence-corrected chi connectivity index (χ0v) is 15.0. The Balaban J connectivity index is 2.32. The fraction of sp³-hybridized carbons (Fsp3) is 0.611. The van der Waals surface area contributed by atoms with Gasteiger partial charge in [0.1, 0.15) is 41.5 Å². The van der Waals surface area contributed by atoms with E-state index in [1.165, 1.54) is 6.07 Å². The molecule has 0 aromatic heterocycles. The third kappa shape index (κ3) is 4.88. The maximum Gasteiger partial charge on any atom is 0.339 e. The van der Waals surface area contributed by atoms with Gasteiger partial charge in [-0.2, -0.15) is 0 Å². The van der Waals surface area contributed by atoms with Crippen LogP contribution in [-0.4, -0.2) is 73.9 Å². The van der Waals surface area contributed by atoms with Crippen molar-refractivity contribution in [2.24, 2.45) is 0 Å². The molecule has 0 unspecified atom stereocenters. The molecular formula is C18H26O9. The van der Waals surface area contributed by atoms with Gasteiger partial charge in [0.2, 0.25) is 6.29 Å². The molecule has 2 rings (SSSR count). The summed E-state index contributed by atoms with van der Waals surface area (Å²) >= 11 is 0. The lowest BCUT2D eigenvalue weighted by Gasteiger charge is -2.39. The molecule has 152 valence electrons. The van der Waals surface area contributed by atoms with E-state index >= 15 is 0 Å². The average molecular weight is 386 g/mol. The molecule has 0 saturated carbocycles. The van der Waals surface area contributed by atoms with Gasteiger partial charge < -0.3 is 40.1 Å². The SMILES string of the molecule is CCCCCc1cc(O)cc(O[C@@H]2O[C@H](CO)[C@@H](O)[C@H](O)[C@H]2O)c1C(=O)O. The van der Waals surface area contributed by atoms with Crippen LogP contribution in [-0.2, 0) is 11.2 Å². The van der Waals surface area contributed by atoms with Gasteiger partial charge in [-0.15, -0.1) is 0 Å². The van der Waals surface area contributed by atoms with E-state index in [0.717, 1.165) is 25.3 Å². The first-order valence-electron chi connectivity index (χ1n) is 8.86. The minimum absolute atomic E-state index is 0.180. The van der Waals surface area contributed by atoms with E-state index in [4.69, 9.17) is 9.47 Å². The van der Waals surface area contributed by atoms with Gasteiger partial charge in [0.05, 0.1) is 6.61 Å². The number of hydrogen-bond donors (Lipinski definition) is 6. The molecule has 9 heteroatoms. The standard InChI is InChI=1S/C18H26O9/c1-2-3-4-5-9-6-10(20)7-11(13(9)17(24)25)26-18-16(23)15(22)14(21)12(8-19)27-18/h6-7,12,14-16,18-23H,2-5,8H2,1H3,(H,24,25)/t12-,14-,15+,16-,18-/m1/s1. The van der Waals surface area contributed by atoms with Gasteiger partial charge in [0.15, 0.2) is 0 Å². The molecule has 1 aliphatic heterocycles. The molecule has 9 nitrogen and oxygen atoms in total. The fourth-order valence-electron chi connectivity index (χ4n) is 3.05. The molecule has 0 amide bonds. The van der Waals surface area contributed by atoms with Crippen molar-refractivity contribution in [1.29, 1.82) is 0 Å². The lowest BCUT2D eigenvalue weighted by molar-refractivity contribution is -0.277. The number of phenolic OH excluding ortho intramolecular Hbond substituents is 1. The smallest absolute Gasteiger partial charge is 0.339 e. The number of hydrogen-bond acceptors (Lipinski definition) is 8. The number of carboxylic acids is 1. The van der Waals surface area contributed by atoms with Gasteiger partial charge in [0, 0.05) is 6.07 Å². The number of aliphatic hydroxyl groups is 4. The fourth-order valence-corrected chi connectivity index (χ4v) is 3.05. The number of benzene rings is 1. The Morgan fingerprint density at radius 3 is 2.44 bits per heavy atom. The maximum absolute atomic E-state index is 11.8. The van der Waals surface area contributed by atoms with Gasteiger partial charge in [-0.1, -0.05) is 19.8 Å². The molecule has 5 atom stereocenters. The highest BCUT2D eigenvalue weighted by atomic mass is 16.7. The molecule has 1 aliphatic rings. The van der Waals surface area contributed by atoms with Crippen molar-refractivity contribution < 1.29 is 44.9 Å². The maximum atomic E-state index is 11.8. The van der Waals surface area contributed by atoms with E-state index in [-0.39, 0.29) is 17.1 Å².